The Balaban J connectivity index is 1.43. The standard InChI is InChI=1S/C29H31N7O4/c1-19(2)26-16-27(34-29(39)33-22-7-9-24(10-8-22)40-25-11-13-30-14-12-25)36(35-26)23-6-4-5-21(15-23)17-32-28(38)18-31-20(3)37/h4-16,19H,17-18H2,1-3H3,(H,31,37)(H,32,38)(H2,33,34,39). The third-order valence-corrected chi connectivity index (χ3v) is 5.70. The minimum absolute atomic E-state index is 0.0877. The second-order valence-corrected chi connectivity index (χ2v) is 9.27. The van der Waals surface area contributed by atoms with Crippen LogP contribution in [0.1, 0.15) is 37.9 Å². The first-order chi connectivity index (χ1) is 19.3. The van der Waals surface area contributed by atoms with E-state index < -0.39 is 6.03 Å². The highest BCUT2D eigenvalue weighted by Crippen LogP contribution is 2.24. The highest BCUT2D eigenvalue weighted by molar-refractivity contribution is 5.99. The van der Waals surface area contributed by atoms with Gasteiger partial charge in [-0.2, -0.15) is 5.10 Å². The highest BCUT2D eigenvalue weighted by Gasteiger charge is 2.15. The predicted molar refractivity (Wildman–Crippen MR) is 152 cm³/mol. The lowest BCUT2D eigenvalue weighted by Crippen LogP contribution is -2.35. The number of carbonyl (C=O) groups is 3. The molecule has 40 heavy (non-hydrogen) atoms. The first kappa shape index (κ1) is 27.8. The number of carbonyl (C=O) groups excluding carboxylic acids is 3. The molecule has 11 nitrogen and oxygen atoms in total. The lowest BCUT2D eigenvalue weighted by molar-refractivity contribution is -0.125. The van der Waals surface area contributed by atoms with Crippen molar-refractivity contribution in [3.63, 3.8) is 0 Å². The summed E-state index contributed by atoms with van der Waals surface area (Å²) in [5, 5.41) is 15.7. The van der Waals surface area contributed by atoms with Crippen LogP contribution in [0.25, 0.3) is 5.69 Å². The van der Waals surface area contributed by atoms with Crippen LogP contribution in [0.2, 0.25) is 0 Å². The van der Waals surface area contributed by atoms with Gasteiger partial charge in [0.2, 0.25) is 11.8 Å². The number of anilines is 2. The molecule has 0 fully saturated rings. The van der Waals surface area contributed by atoms with Gasteiger partial charge >= 0.3 is 6.03 Å². The number of nitrogens with zero attached hydrogens (tertiary/aromatic N) is 3. The Morgan fingerprint density at radius 3 is 2.33 bits per heavy atom. The van der Waals surface area contributed by atoms with Gasteiger partial charge in [0.25, 0.3) is 0 Å². The second kappa shape index (κ2) is 13.1. The van der Waals surface area contributed by atoms with Crippen molar-refractivity contribution in [1.29, 1.82) is 0 Å². The molecule has 0 bridgehead atoms. The van der Waals surface area contributed by atoms with Crippen LogP contribution in [0.5, 0.6) is 11.5 Å². The fourth-order valence-corrected chi connectivity index (χ4v) is 3.66. The molecule has 2 aromatic carbocycles. The number of urea groups is 1. The number of hydrogen-bond acceptors (Lipinski definition) is 6. The summed E-state index contributed by atoms with van der Waals surface area (Å²) in [6, 6.07) is 19.4. The molecule has 206 valence electrons. The van der Waals surface area contributed by atoms with Gasteiger partial charge in [-0.05, 0) is 60.0 Å². The van der Waals surface area contributed by atoms with E-state index in [4.69, 9.17) is 9.84 Å². The zero-order valence-corrected chi connectivity index (χ0v) is 22.5. The van der Waals surface area contributed by atoms with E-state index in [9.17, 15) is 14.4 Å². The summed E-state index contributed by atoms with van der Waals surface area (Å²) < 4.78 is 7.42. The Morgan fingerprint density at radius 1 is 0.900 bits per heavy atom. The maximum absolute atomic E-state index is 12.9. The van der Waals surface area contributed by atoms with Crippen LogP contribution in [-0.2, 0) is 16.1 Å². The summed E-state index contributed by atoms with van der Waals surface area (Å²) in [4.78, 5) is 39.9. The van der Waals surface area contributed by atoms with Crippen LogP contribution in [0.15, 0.2) is 79.1 Å². The van der Waals surface area contributed by atoms with Crippen LogP contribution in [-0.4, -0.2) is 39.2 Å². The molecule has 0 aliphatic rings. The van der Waals surface area contributed by atoms with Gasteiger partial charge in [0.1, 0.15) is 17.3 Å². The van der Waals surface area contributed by atoms with Crippen molar-refractivity contribution in [2.24, 2.45) is 0 Å². The van der Waals surface area contributed by atoms with Gasteiger partial charge in [0.15, 0.2) is 0 Å². The number of nitrogens with one attached hydrogen (secondary N) is 4. The summed E-state index contributed by atoms with van der Waals surface area (Å²) >= 11 is 0. The van der Waals surface area contributed by atoms with E-state index >= 15 is 0 Å². The summed E-state index contributed by atoms with van der Waals surface area (Å²) in [7, 11) is 0. The van der Waals surface area contributed by atoms with Gasteiger partial charge in [0.05, 0.1) is 17.9 Å². The molecule has 0 unspecified atom stereocenters. The lowest BCUT2D eigenvalue weighted by Gasteiger charge is -2.12. The van der Waals surface area contributed by atoms with E-state index in [1.165, 1.54) is 6.92 Å². The highest BCUT2D eigenvalue weighted by atomic mass is 16.5. The molecule has 4 amide bonds. The number of hydrogen-bond donors (Lipinski definition) is 4. The number of rotatable bonds is 10. The molecule has 0 atom stereocenters. The normalized spacial score (nSPS) is 10.6. The monoisotopic (exact) mass is 541 g/mol. The molecular weight excluding hydrogens is 510 g/mol. The van der Waals surface area contributed by atoms with Crippen LogP contribution in [0, 0.1) is 0 Å². The third kappa shape index (κ3) is 7.90. The van der Waals surface area contributed by atoms with E-state index in [1.54, 1.807) is 53.5 Å². The summed E-state index contributed by atoms with van der Waals surface area (Å²) in [6.45, 7) is 5.58. The van der Waals surface area contributed by atoms with Crippen molar-refractivity contribution in [1.82, 2.24) is 25.4 Å². The minimum Gasteiger partial charge on any atom is -0.457 e. The van der Waals surface area contributed by atoms with Gasteiger partial charge in [-0.25, -0.2) is 9.48 Å². The fraction of sp³-hybridized carbons (Fsp3) is 0.207. The van der Waals surface area contributed by atoms with Crippen LogP contribution >= 0.6 is 0 Å². The van der Waals surface area contributed by atoms with Gasteiger partial charge in [-0.1, -0.05) is 26.0 Å². The molecule has 4 rings (SSSR count). The Hall–Kier alpha value is -5.19. The molecular formula is C29H31N7O4. The third-order valence-electron chi connectivity index (χ3n) is 5.70. The molecule has 2 heterocycles. The topological polar surface area (TPSA) is 139 Å². The average Bonchev–Trinajstić information content (AvgIpc) is 3.36. The van der Waals surface area contributed by atoms with Gasteiger partial charge in [0, 0.05) is 37.6 Å². The van der Waals surface area contributed by atoms with Crippen molar-refractivity contribution < 1.29 is 19.1 Å². The molecule has 0 radical (unpaired) electrons. The fourth-order valence-electron chi connectivity index (χ4n) is 3.66. The van der Waals surface area contributed by atoms with Gasteiger partial charge in [-0.3, -0.25) is 19.9 Å². The lowest BCUT2D eigenvalue weighted by atomic mass is 10.1. The van der Waals surface area contributed by atoms with Crippen molar-refractivity contribution in [2.75, 3.05) is 17.2 Å². The zero-order chi connectivity index (χ0) is 28.5. The number of benzene rings is 2. The first-order valence-electron chi connectivity index (χ1n) is 12.7. The van der Waals surface area contributed by atoms with Gasteiger partial charge in [-0.15, -0.1) is 0 Å². The molecule has 0 saturated heterocycles. The Bertz CT molecular complexity index is 1470. The average molecular weight is 542 g/mol. The minimum atomic E-state index is -0.430. The Kier molecular flexibility index (Phi) is 9.08. The smallest absolute Gasteiger partial charge is 0.324 e. The largest absolute Gasteiger partial charge is 0.457 e. The second-order valence-electron chi connectivity index (χ2n) is 9.27. The number of pyridine rings is 1. The summed E-state index contributed by atoms with van der Waals surface area (Å²) in [5.41, 5.74) is 2.95. The Morgan fingerprint density at radius 2 is 1.62 bits per heavy atom. The van der Waals surface area contributed by atoms with Crippen LogP contribution in [0.3, 0.4) is 0 Å². The summed E-state index contributed by atoms with van der Waals surface area (Å²) in [5.74, 6) is 1.35. The van der Waals surface area contributed by atoms with Crippen LogP contribution < -0.4 is 26.0 Å². The summed E-state index contributed by atoms with van der Waals surface area (Å²) in [6.07, 6.45) is 3.30. The maximum atomic E-state index is 12.9. The van der Waals surface area contributed by atoms with E-state index in [0.717, 1.165) is 11.3 Å². The van der Waals surface area contributed by atoms with Crippen molar-refractivity contribution in [2.45, 2.75) is 33.2 Å². The van der Waals surface area contributed by atoms with E-state index in [-0.39, 0.29) is 30.8 Å². The van der Waals surface area contributed by atoms with Crippen molar-refractivity contribution in [3.05, 3.63) is 90.4 Å². The Labute approximate surface area is 232 Å². The van der Waals surface area contributed by atoms with E-state index in [1.807, 2.05) is 44.2 Å². The van der Waals surface area contributed by atoms with Crippen molar-refractivity contribution in [3.8, 4) is 17.2 Å². The number of amides is 4. The van der Waals surface area contributed by atoms with E-state index in [0.29, 0.717) is 28.7 Å². The number of ether oxygens (including phenoxy) is 1. The molecule has 0 saturated carbocycles. The molecule has 0 spiro atoms. The zero-order valence-electron chi connectivity index (χ0n) is 22.5. The van der Waals surface area contributed by atoms with E-state index in [2.05, 4.69) is 26.3 Å². The SMILES string of the molecule is CC(=O)NCC(=O)NCc1cccc(-n2nc(C(C)C)cc2NC(=O)Nc2ccc(Oc3ccncc3)cc2)c1. The van der Waals surface area contributed by atoms with Crippen molar-refractivity contribution >= 4 is 29.4 Å². The molecule has 11 heteroatoms. The predicted octanol–water partition coefficient (Wildman–Crippen LogP) is 4.58. The maximum Gasteiger partial charge on any atom is 0.324 e. The number of aromatic nitrogens is 3. The first-order valence-corrected chi connectivity index (χ1v) is 12.7. The molecule has 4 aromatic rings. The van der Waals surface area contributed by atoms with Crippen LogP contribution in [0.4, 0.5) is 16.3 Å². The molecule has 0 aliphatic heterocycles. The quantitative estimate of drug-likeness (QED) is 0.232. The van der Waals surface area contributed by atoms with Gasteiger partial charge < -0.3 is 20.7 Å². The molecule has 2 aromatic heterocycles. The molecule has 0 aliphatic carbocycles. The molecule has 4 N–H and O–H groups in total.